The Hall–Kier alpha value is -5.81. The van der Waals surface area contributed by atoms with Crippen molar-refractivity contribution in [1.29, 1.82) is 0 Å². The van der Waals surface area contributed by atoms with E-state index in [-0.39, 0.29) is 0 Å². The lowest BCUT2D eigenvalue weighted by Crippen LogP contribution is -2.04. The number of benzene rings is 5. The Morgan fingerprint density at radius 3 is 2.00 bits per heavy atom. The average Bonchev–Trinajstić information content (AvgIpc) is 3.59. The average molecular weight is 538 g/mol. The smallest absolute Gasteiger partial charge is 0.235 e. The number of fused-ring (bicyclic) bond motifs is 9. The Bertz CT molecular complexity index is 2450. The summed E-state index contributed by atoms with van der Waals surface area (Å²) in [4.78, 5) is 15.0. The standard InChI is InChI=1S/C37H23N5/c1-3-10-24(11-4-1)31-21-23-39-37(40-31)42-34-29(18-17-25-12-9-22-38-33(25)34)30-20-19-28-27-15-7-8-16-32(27)41(35(28)36(30)42)26-13-5-2-6-14-26/h1-23H. The van der Waals surface area contributed by atoms with Crippen molar-refractivity contribution in [3.63, 3.8) is 0 Å². The van der Waals surface area contributed by atoms with E-state index in [4.69, 9.17) is 15.0 Å². The molecule has 0 amide bonds. The van der Waals surface area contributed by atoms with Crippen LogP contribution in [0, 0.1) is 0 Å². The monoisotopic (exact) mass is 537 g/mol. The zero-order chi connectivity index (χ0) is 27.6. The van der Waals surface area contributed by atoms with Crippen LogP contribution in [0.25, 0.3) is 77.4 Å². The molecule has 0 atom stereocenters. The molecule has 0 saturated heterocycles. The van der Waals surface area contributed by atoms with Gasteiger partial charge in [0.15, 0.2) is 0 Å². The van der Waals surface area contributed by atoms with Gasteiger partial charge >= 0.3 is 0 Å². The first-order valence-corrected chi connectivity index (χ1v) is 14.0. The fourth-order valence-corrected chi connectivity index (χ4v) is 6.44. The second-order valence-corrected chi connectivity index (χ2v) is 10.5. The van der Waals surface area contributed by atoms with Crippen molar-refractivity contribution in [2.24, 2.45) is 0 Å². The van der Waals surface area contributed by atoms with Crippen LogP contribution in [0.1, 0.15) is 0 Å². The van der Waals surface area contributed by atoms with E-state index in [1.54, 1.807) is 0 Å². The molecule has 0 spiro atoms. The van der Waals surface area contributed by atoms with Crippen molar-refractivity contribution >= 4 is 54.5 Å². The van der Waals surface area contributed by atoms with Gasteiger partial charge in [0.05, 0.1) is 33.3 Å². The topological polar surface area (TPSA) is 48.5 Å². The summed E-state index contributed by atoms with van der Waals surface area (Å²) in [5.74, 6) is 0.617. The van der Waals surface area contributed by atoms with Crippen LogP contribution < -0.4 is 0 Å². The van der Waals surface area contributed by atoms with E-state index in [0.717, 1.165) is 60.7 Å². The lowest BCUT2D eigenvalue weighted by atomic mass is 10.1. The maximum absolute atomic E-state index is 5.17. The van der Waals surface area contributed by atoms with E-state index >= 15 is 0 Å². The van der Waals surface area contributed by atoms with Crippen LogP contribution in [-0.4, -0.2) is 24.1 Å². The van der Waals surface area contributed by atoms with Gasteiger partial charge in [-0.15, -0.1) is 0 Å². The first kappa shape index (κ1) is 22.9. The summed E-state index contributed by atoms with van der Waals surface area (Å²) >= 11 is 0. The number of pyridine rings is 1. The predicted octanol–water partition coefficient (Wildman–Crippen LogP) is 8.89. The van der Waals surface area contributed by atoms with Crippen LogP contribution in [0.3, 0.4) is 0 Å². The Kier molecular flexibility index (Phi) is 4.83. The largest absolute Gasteiger partial charge is 0.307 e. The third kappa shape index (κ3) is 3.22. The number of nitrogens with zero attached hydrogens (tertiary/aromatic N) is 5. The quantitative estimate of drug-likeness (QED) is 0.226. The molecule has 4 heterocycles. The van der Waals surface area contributed by atoms with Gasteiger partial charge < -0.3 is 4.57 Å². The number of rotatable bonds is 3. The first-order chi connectivity index (χ1) is 20.9. The van der Waals surface area contributed by atoms with Gasteiger partial charge in [0.2, 0.25) is 5.95 Å². The van der Waals surface area contributed by atoms with Crippen LogP contribution in [0.2, 0.25) is 0 Å². The van der Waals surface area contributed by atoms with Gasteiger partial charge in [-0.25, -0.2) is 9.97 Å². The van der Waals surface area contributed by atoms with Crippen molar-refractivity contribution in [3.05, 3.63) is 140 Å². The molecular formula is C37H23N5. The lowest BCUT2D eigenvalue weighted by molar-refractivity contribution is 0.992. The summed E-state index contributed by atoms with van der Waals surface area (Å²) in [6.45, 7) is 0. The molecule has 42 heavy (non-hydrogen) atoms. The molecule has 9 rings (SSSR count). The van der Waals surface area contributed by atoms with E-state index in [9.17, 15) is 0 Å². The van der Waals surface area contributed by atoms with E-state index in [1.807, 2.05) is 42.7 Å². The summed E-state index contributed by atoms with van der Waals surface area (Å²) in [5, 5.41) is 5.73. The molecule has 0 aliphatic carbocycles. The van der Waals surface area contributed by atoms with Crippen molar-refractivity contribution in [2.75, 3.05) is 0 Å². The van der Waals surface area contributed by atoms with E-state index in [1.165, 1.54) is 10.8 Å². The third-order valence-corrected chi connectivity index (χ3v) is 8.22. The highest BCUT2D eigenvalue weighted by atomic mass is 15.2. The number of para-hydroxylation sites is 2. The summed E-state index contributed by atoms with van der Waals surface area (Å²) in [6, 6.07) is 44.4. The molecule has 0 unspecified atom stereocenters. The van der Waals surface area contributed by atoms with Gasteiger partial charge in [-0.1, -0.05) is 97.1 Å². The molecule has 0 radical (unpaired) electrons. The molecule has 9 aromatic rings. The van der Waals surface area contributed by atoms with Crippen molar-refractivity contribution in [3.8, 4) is 22.9 Å². The van der Waals surface area contributed by atoms with Crippen LogP contribution >= 0.6 is 0 Å². The number of aromatic nitrogens is 5. The SMILES string of the molecule is c1ccc(-c2ccnc(-n3c4c(ccc5cccnc54)c4ccc5c6ccccc6n(-c6ccccc6)c5c43)n2)cc1. The van der Waals surface area contributed by atoms with E-state index in [2.05, 4.69) is 106 Å². The Morgan fingerprint density at radius 2 is 1.14 bits per heavy atom. The van der Waals surface area contributed by atoms with E-state index < -0.39 is 0 Å². The van der Waals surface area contributed by atoms with Gasteiger partial charge in [-0.2, -0.15) is 0 Å². The molecule has 0 saturated carbocycles. The van der Waals surface area contributed by atoms with Gasteiger partial charge in [0, 0.05) is 50.6 Å². The Morgan fingerprint density at radius 1 is 0.452 bits per heavy atom. The molecule has 0 aliphatic rings. The molecule has 0 N–H and O–H groups in total. The molecule has 196 valence electrons. The fourth-order valence-electron chi connectivity index (χ4n) is 6.44. The van der Waals surface area contributed by atoms with Crippen LogP contribution in [0.5, 0.6) is 0 Å². The predicted molar refractivity (Wildman–Crippen MR) is 171 cm³/mol. The number of hydrogen-bond donors (Lipinski definition) is 0. The summed E-state index contributed by atoms with van der Waals surface area (Å²) < 4.78 is 4.60. The number of hydrogen-bond acceptors (Lipinski definition) is 3. The molecule has 5 heteroatoms. The minimum atomic E-state index is 0.617. The molecule has 4 aromatic heterocycles. The highest BCUT2D eigenvalue weighted by Gasteiger charge is 2.23. The Balaban J connectivity index is 1.53. The van der Waals surface area contributed by atoms with Crippen molar-refractivity contribution in [1.82, 2.24) is 24.1 Å². The van der Waals surface area contributed by atoms with Gasteiger partial charge in [0.25, 0.3) is 0 Å². The molecule has 5 aromatic carbocycles. The maximum atomic E-state index is 5.17. The zero-order valence-electron chi connectivity index (χ0n) is 22.5. The normalized spacial score (nSPS) is 11.8. The van der Waals surface area contributed by atoms with Gasteiger partial charge in [-0.05, 0) is 30.3 Å². The summed E-state index contributed by atoms with van der Waals surface area (Å²) in [7, 11) is 0. The van der Waals surface area contributed by atoms with Gasteiger partial charge in [-0.3, -0.25) is 9.55 Å². The summed E-state index contributed by atoms with van der Waals surface area (Å²) in [5.41, 5.74) is 8.30. The summed E-state index contributed by atoms with van der Waals surface area (Å²) in [6.07, 6.45) is 3.72. The highest BCUT2D eigenvalue weighted by Crippen LogP contribution is 2.42. The van der Waals surface area contributed by atoms with Crippen molar-refractivity contribution in [2.45, 2.75) is 0 Å². The Labute approximate surface area is 241 Å². The maximum Gasteiger partial charge on any atom is 0.235 e. The highest BCUT2D eigenvalue weighted by molar-refractivity contribution is 6.26. The molecule has 0 aliphatic heterocycles. The molecule has 0 bridgehead atoms. The zero-order valence-corrected chi connectivity index (χ0v) is 22.5. The second-order valence-electron chi connectivity index (χ2n) is 10.5. The van der Waals surface area contributed by atoms with Crippen LogP contribution in [0.4, 0.5) is 0 Å². The molecule has 0 fully saturated rings. The minimum absolute atomic E-state index is 0.617. The first-order valence-electron chi connectivity index (χ1n) is 14.0. The minimum Gasteiger partial charge on any atom is -0.307 e. The molecular weight excluding hydrogens is 514 g/mol. The van der Waals surface area contributed by atoms with Gasteiger partial charge in [0.1, 0.15) is 0 Å². The third-order valence-electron chi connectivity index (χ3n) is 8.22. The van der Waals surface area contributed by atoms with Crippen molar-refractivity contribution < 1.29 is 0 Å². The fraction of sp³-hybridized carbons (Fsp3) is 0. The lowest BCUT2D eigenvalue weighted by Gasteiger charge is -2.12. The van der Waals surface area contributed by atoms with E-state index in [0.29, 0.717) is 5.95 Å². The molecule has 5 nitrogen and oxygen atoms in total. The van der Waals surface area contributed by atoms with Crippen LogP contribution in [-0.2, 0) is 0 Å². The second kappa shape index (κ2) is 8.85. The van der Waals surface area contributed by atoms with Crippen LogP contribution in [0.15, 0.2) is 140 Å².